The van der Waals surface area contributed by atoms with Crippen molar-refractivity contribution in [2.24, 2.45) is 0 Å². The van der Waals surface area contributed by atoms with Crippen molar-refractivity contribution >= 4 is 33.5 Å². The molecule has 1 N–H and O–H groups in total. The van der Waals surface area contributed by atoms with E-state index in [1.807, 2.05) is 18.2 Å². The fraction of sp³-hybridized carbons (Fsp3) is 0.222. The van der Waals surface area contributed by atoms with Gasteiger partial charge in [-0.15, -0.1) is 0 Å². The number of carbonyl (C=O) groups excluding carboxylic acids is 1. The highest BCUT2D eigenvalue weighted by atomic mass is 79.9. The van der Waals surface area contributed by atoms with Crippen LogP contribution in [0.1, 0.15) is 34.7 Å². The van der Waals surface area contributed by atoms with Crippen molar-refractivity contribution in [2.45, 2.75) is 18.8 Å². The van der Waals surface area contributed by atoms with Gasteiger partial charge in [0.2, 0.25) is 5.91 Å². The van der Waals surface area contributed by atoms with E-state index in [0.29, 0.717) is 23.1 Å². The molecule has 2 aromatic rings. The van der Waals surface area contributed by atoms with Crippen molar-refractivity contribution in [2.75, 3.05) is 11.4 Å². The fourth-order valence-corrected chi connectivity index (χ4v) is 3.43. The molecule has 1 atom stereocenters. The van der Waals surface area contributed by atoms with Crippen LogP contribution < -0.4 is 4.90 Å². The molecule has 0 saturated carbocycles. The zero-order valence-electron chi connectivity index (χ0n) is 12.4. The van der Waals surface area contributed by atoms with Gasteiger partial charge in [0, 0.05) is 29.0 Å². The third-order valence-corrected chi connectivity index (χ3v) is 4.58. The highest BCUT2D eigenvalue weighted by molar-refractivity contribution is 9.10. The van der Waals surface area contributed by atoms with Crippen LogP contribution in [0.4, 0.5) is 5.69 Å². The van der Waals surface area contributed by atoms with Crippen molar-refractivity contribution in [3.63, 3.8) is 0 Å². The van der Waals surface area contributed by atoms with Gasteiger partial charge >= 0.3 is 5.97 Å². The summed E-state index contributed by atoms with van der Waals surface area (Å²) in [5.74, 6) is -0.704. The smallest absolute Gasteiger partial charge is 0.335 e. The van der Waals surface area contributed by atoms with E-state index in [9.17, 15) is 14.7 Å². The largest absolute Gasteiger partial charge is 0.478 e. The molecule has 3 rings (SSSR count). The molecule has 1 saturated heterocycles. The van der Waals surface area contributed by atoms with Gasteiger partial charge < -0.3 is 10.0 Å². The van der Waals surface area contributed by atoms with E-state index in [4.69, 9.17) is 0 Å². The zero-order chi connectivity index (χ0) is 16.4. The maximum absolute atomic E-state index is 12.3. The molecule has 1 aliphatic rings. The second-order valence-corrected chi connectivity index (χ2v) is 6.57. The number of hydrogen-bond donors (Lipinski definition) is 1. The van der Waals surface area contributed by atoms with E-state index in [-0.39, 0.29) is 17.4 Å². The maximum Gasteiger partial charge on any atom is 0.335 e. The standard InChI is InChI=1S/C18H16BrNO3/c19-15-8-14(18(22)23)9-16(10-15)20-11-13(6-7-17(20)21)12-4-2-1-3-5-12/h1-5,8-10,13H,6-7,11H2,(H,22,23). The Morgan fingerprint density at radius 1 is 1.17 bits per heavy atom. The van der Waals surface area contributed by atoms with Crippen LogP contribution in [-0.2, 0) is 4.79 Å². The number of carboxylic acid groups (broad SMARTS) is 1. The Balaban J connectivity index is 1.91. The molecule has 1 amide bonds. The molecule has 1 unspecified atom stereocenters. The van der Waals surface area contributed by atoms with Gasteiger partial charge in [0.1, 0.15) is 0 Å². The van der Waals surface area contributed by atoms with E-state index < -0.39 is 5.97 Å². The number of piperidine rings is 1. The SMILES string of the molecule is O=C(O)c1cc(Br)cc(N2CC(c3ccccc3)CCC2=O)c1. The van der Waals surface area contributed by atoms with E-state index in [0.717, 1.165) is 6.42 Å². The molecule has 0 spiro atoms. The van der Waals surface area contributed by atoms with Gasteiger partial charge in [-0.05, 0) is 30.2 Å². The van der Waals surface area contributed by atoms with Gasteiger partial charge in [0.05, 0.1) is 5.56 Å². The van der Waals surface area contributed by atoms with Crippen LogP contribution in [0.3, 0.4) is 0 Å². The van der Waals surface area contributed by atoms with Crippen molar-refractivity contribution in [1.29, 1.82) is 0 Å². The number of halogens is 1. The summed E-state index contributed by atoms with van der Waals surface area (Å²) in [5.41, 5.74) is 2.00. The lowest BCUT2D eigenvalue weighted by Gasteiger charge is -2.33. The first-order valence-electron chi connectivity index (χ1n) is 7.44. The van der Waals surface area contributed by atoms with Crippen molar-refractivity contribution in [1.82, 2.24) is 0 Å². The molecule has 1 heterocycles. The minimum Gasteiger partial charge on any atom is -0.478 e. The summed E-state index contributed by atoms with van der Waals surface area (Å²) in [5, 5.41) is 9.20. The Labute approximate surface area is 142 Å². The molecule has 0 aliphatic carbocycles. The second-order valence-electron chi connectivity index (χ2n) is 5.65. The third kappa shape index (κ3) is 3.45. The van der Waals surface area contributed by atoms with Crippen molar-refractivity contribution < 1.29 is 14.7 Å². The quantitative estimate of drug-likeness (QED) is 0.882. The van der Waals surface area contributed by atoms with Crippen LogP contribution >= 0.6 is 15.9 Å². The Bertz CT molecular complexity index is 745. The molecule has 23 heavy (non-hydrogen) atoms. The second kappa shape index (κ2) is 6.54. The Morgan fingerprint density at radius 3 is 2.61 bits per heavy atom. The topological polar surface area (TPSA) is 57.6 Å². The minimum atomic E-state index is -1.00. The molecule has 1 fully saturated rings. The van der Waals surface area contributed by atoms with Crippen LogP contribution in [0.5, 0.6) is 0 Å². The molecule has 0 aromatic heterocycles. The Hall–Kier alpha value is -2.14. The summed E-state index contributed by atoms with van der Waals surface area (Å²) >= 11 is 3.33. The van der Waals surface area contributed by atoms with Gasteiger partial charge in [-0.1, -0.05) is 46.3 Å². The van der Waals surface area contributed by atoms with Crippen LogP contribution in [0.25, 0.3) is 0 Å². The van der Waals surface area contributed by atoms with Gasteiger partial charge in [-0.3, -0.25) is 4.79 Å². The molecular weight excluding hydrogens is 358 g/mol. The van der Waals surface area contributed by atoms with Gasteiger partial charge in [-0.25, -0.2) is 4.79 Å². The number of anilines is 1. The van der Waals surface area contributed by atoms with E-state index >= 15 is 0 Å². The van der Waals surface area contributed by atoms with Crippen molar-refractivity contribution in [3.8, 4) is 0 Å². The fourth-order valence-electron chi connectivity index (χ4n) is 2.95. The molecule has 0 radical (unpaired) electrons. The lowest BCUT2D eigenvalue weighted by atomic mass is 9.90. The van der Waals surface area contributed by atoms with E-state index in [2.05, 4.69) is 28.1 Å². The number of rotatable bonds is 3. The van der Waals surface area contributed by atoms with Gasteiger partial charge in [0.25, 0.3) is 0 Å². The van der Waals surface area contributed by atoms with E-state index in [1.165, 1.54) is 11.6 Å². The monoisotopic (exact) mass is 373 g/mol. The number of carboxylic acids is 1. The molecule has 0 bridgehead atoms. The molecule has 4 nitrogen and oxygen atoms in total. The minimum absolute atomic E-state index is 0.0339. The highest BCUT2D eigenvalue weighted by Crippen LogP contribution is 2.32. The summed E-state index contributed by atoms with van der Waals surface area (Å²) in [4.78, 5) is 25.3. The summed E-state index contributed by atoms with van der Waals surface area (Å²) in [6, 6.07) is 15.0. The summed E-state index contributed by atoms with van der Waals surface area (Å²) < 4.78 is 0.655. The number of aromatic carboxylic acids is 1. The summed E-state index contributed by atoms with van der Waals surface area (Å²) in [6.07, 6.45) is 1.29. The van der Waals surface area contributed by atoms with Crippen molar-refractivity contribution in [3.05, 3.63) is 64.1 Å². The number of nitrogens with zero attached hydrogens (tertiary/aromatic N) is 1. The number of hydrogen-bond acceptors (Lipinski definition) is 2. The average Bonchev–Trinajstić information content (AvgIpc) is 2.55. The highest BCUT2D eigenvalue weighted by Gasteiger charge is 2.28. The Kier molecular flexibility index (Phi) is 4.48. The van der Waals surface area contributed by atoms with Crippen LogP contribution in [0.15, 0.2) is 53.0 Å². The molecule has 5 heteroatoms. The predicted molar refractivity (Wildman–Crippen MR) is 91.9 cm³/mol. The van der Waals surface area contributed by atoms with Crippen LogP contribution in [0.2, 0.25) is 0 Å². The Morgan fingerprint density at radius 2 is 1.91 bits per heavy atom. The summed E-state index contributed by atoms with van der Waals surface area (Å²) in [6.45, 7) is 0.568. The lowest BCUT2D eigenvalue weighted by Crippen LogP contribution is -2.39. The average molecular weight is 374 g/mol. The van der Waals surface area contributed by atoms with Crippen LogP contribution in [0, 0.1) is 0 Å². The molecule has 2 aromatic carbocycles. The van der Waals surface area contributed by atoms with Gasteiger partial charge in [0.15, 0.2) is 0 Å². The molecule has 118 valence electrons. The maximum atomic E-state index is 12.3. The third-order valence-electron chi connectivity index (χ3n) is 4.12. The summed E-state index contributed by atoms with van der Waals surface area (Å²) in [7, 11) is 0. The molecular formula is C18H16BrNO3. The zero-order valence-corrected chi connectivity index (χ0v) is 14.0. The number of benzene rings is 2. The first kappa shape index (κ1) is 15.7. The molecule has 1 aliphatic heterocycles. The van der Waals surface area contributed by atoms with Gasteiger partial charge in [-0.2, -0.15) is 0 Å². The first-order chi connectivity index (χ1) is 11.0. The first-order valence-corrected chi connectivity index (χ1v) is 8.23. The normalized spacial score (nSPS) is 18.0. The number of carbonyl (C=O) groups is 2. The number of amides is 1. The van der Waals surface area contributed by atoms with Crippen LogP contribution in [-0.4, -0.2) is 23.5 Å². The predicted octanol–water partition coefficient (Wildman–Crippen LogP) is 4.06. The lowest BCUT2D eigenvalue weighted by molar-refractivity contribution is -0.119. The van der Waals surface area contributed by atoms with E-state index in [1.54, 1.807) is 17.0 Å².